The highest BCUT2D eigenvalue weighted by Gasteiger charge is 2.32. The summed E-state index contributed by atoms with van der Waals surface area (Å²) in [4.78, 5) is 26.1. The number of benzene rings is 2. The fourth-order valence-corrected chi connectivity index (χ4v) is 3.32. The number of ether oxygens (including phenoxy) is 1. The molecule has 0 aromatic heterocycles. The Kier molecular flexibility index (Phi) is 5.94. The summed E-state index contributed by atoms with van der Waals surface area (Å²) in [5, 5.41) is 3.26. The molecule has 2 amide bonds. The Morgan fingerprint density at radius 1 is 1.21 bits per heavy atom. The van der Waals surface area contributed by atoms with Crippen LogP contribution in [0.4, 0.5) is 10.1 Å². The Morgan fingerprint density at radius 2 is 1.89 bits per heavy atom. The number of para-hydroxylation sites is 2. The highest BCUT2D eigenvalue weighted by molar-refractivity contribution is 5.98. The van der Waals surface area contributed by atoms with Crippen LogP contribution in [0.2, 0.25) is 0 Å². The van der Waals surface area contributed by atoms with Crippen molar-refractivity contribution in [1.29, 1.82) is 0 Å². The third kappa shape index (κ3) is 4.31. The maximum absolute atomic E-state index is 13.2. The Labute approximate surface area is 163 Å². The second-order valence-corrected chi connectivity index (χ2v) is 7.14. The van der Waals surface area contributed by atoms with Crippen LogP contribution in [0, 0.1) is 11.7 Å². The van der Waals surface area contributed by atoms with Crippen molar-refractivity contribution in [2.24, 2.45) is 11.7 Å². The van der Waals surface area contributed by atoms with Crippen molar-refractivity contribution < 1.29 is 18.7 Å². The van der Waals surface area contributed by atoms with Gasteiger partial charge in [0.05, 0.1) is 18.8 Å². The van der Waals surface area contributed by atoms with Gasteiger partial charge in [0.1, 0.15) is 11.6 Å². The standard InChI is InChI=1S/C21H24FN3O3/c1-13(2)20(14-7-9-15(22)10-8-14)24-11-19(26)25-12-18(21(23)27)28-17-6-4-3-5-16(17)25/h3-10,13,18,20,24H,11-12H2,1-2H3,(H2,23,27)/t18-,20-/m0/s1. The quantitative estimate of drug-likeness (QED) is 0.800. The lowest BCUT2D eigenvalue weighted by molar-refractivity contribution is -0.125. The minimum absolute atomic E-state index is 0.0556. The molecule has 6 nitrogen and oxygen atoms in total. The SMILES string of the molecule is CC(C)[C@H](NCC(=O)N1C[C@@H](C(N)=O)Oc2ccccc21)c1ccc(F)cc1. The van der Waals surface area contributed by atoms with Crippen molar-refractivity contribution in [1.82, 2.24) is 5.32 Å². The number of carbonyl (C=O) groups is 2. The van der Waals surface area contributed by atoms with Crippen LogP contribution in [0.1, 0.15) is 25.5 Å². The van der Waals surface area contributed by atoms with Gasteiger partial charge in [0.2, 0.25) is 5.91 Å². The first-order chi connectivity index (χ1) is 13.4. The van der Waals surface area contributed by atoms with Crippen LogP contribution in [0.5, 0.6) is 5.75 Å². The lowest BCUT2D eigenvalue weighted by atomic mass is 9.96. The molecule has 1 heterocycles. The van der Waals surface area contributed by atoms with Gasteiger partial charge in [0, 0.05) is 6.04 Å². The number of nitrogens with zero attached hydrogens (tertiary/aromatic N) is 1. The Morgan fingerprint density at radius 3 is 2.54 bits per heavy atom. The van der Waals surface area contributed by atoms with E-state index in [2.05, 4.69) is 5.32 Å². The summed E-state index contributed by atoms with van der Waals surface area (Å²) in [6.07, 6.45) is -0.892. The molecule has 0 radical (unpaired) electrons. The number of nitrogens with two attached hydrogens (primary N) is 1. The number of hydrogen-bond donors (Lipinski definition) is 2. The van der Waals surface area contributed by atoms with E-state index in [1.54, 1.807) is 36.4 Å². The summed E-state index contributed by atoms with van der Waals surface area (Å²) in [7, 11) is 0. The Balaban J connectivity index is 1.75. The molecule has 28 heavy (non-hydrogen) atoms. The third-order valence-electron chi connectivity index (χ3n) is 4.76. The van der Waals surface area contributed by atoms with Gasteiger partial charge in [-0.15, -0.1) is 0 Å². The monoisotopic (exact) mass is 385 g/mol. The Hall–Kier alpha value is -2.93. The second kappa shape index (κ2) is 8.39. The van der Waals surface area contributed by atoms with Crippen molar-refractivity contribution in [3.8, 4) is 5.75 Å². The maximum Gasteiger partial charge on any atom is 0.260 e. The summed E-state index contributed by atoms with van der Waals surface area (Å²) in [5.74, 6) is -0.482. The zero-order valence-electron chi connectivity index (χ0n) is 15.9. The number of primary amides is 1. The van der Waals surface area contributed by atoms with Gasteiger partial charge in [-0.05, 0) is 35.7 Å². The summed E-state index contributed by atoms with van der Waals surface area (Å²) >= 11 is 0. The zero-order valence-corrected chi connectivity index (χ0v) is 15.9. The summed E-state index contributed by atoms with van der Waals surface area (Å²) in [6, 6.07) is 13.2. The van der Waals surface area contributed by atoms with E-state index in [1.165, 1.54) is 17.0 Å². The molecular weight excluding hydrogens is 361 g/mol. The van der Waals surface area contributed by atoms with E-state index in [4.69, 9.17) is 10.5 Å². The molecule has 7 heteroatoms. The van der Waals surface area contributed by atoms with Crippen LogP contribution in [-0.4, -0.2) is 31.0 Å². The molecule has 0 aliphatic carbocycles. The first kappa shape index (κ1) is 19.8. The smallest absolute Gasteiger partial charge is 0.260 e. The van der Waals surface area contributed by atoms with Gasteiger partial charge in [-0.1, -0.05) is 38.1 Å². The van der Waals surface area contributed by atoms with Crippen molar-refractivity contribution in [2.45, 2.75) is 26.0 Å². The van der Waals surface area contributed by atoms with Crippen LogP contribution in [0.15, 0.2) is 48.5 Å². The van der Waals surface area contributed by atoms with Crippen molar-refractivity contribution >= 4 is 17.5 Å². The van der Waals surface area contributed by atoms with Gasteiger partial charge in [-0.3, -0.25) is 9.59 Å². The molecule has 0 saturated heterocycles. The van der Waals surface area contributed by atoms with Gasteiger partial charge in [0.25, 0.3) is 5.91 Å². The zero-order chi connectivity index (χ0) is 20.3. The number of amides is 2. The largest absolute Gasteiger partial charge is 0.477 e. The van der Waals surface area contributed by atoms with Crippen LogP contribution < -0.4 is 20.7 Å². The fourth-order valence-electron chi connectivity index (χ4n) is 3.32. The number of carbonyl (C=O) groups excluding carboxylic acids is 2. The van der Waals surface area contributed by atoms with Gasteiger partial charge in [0.15, 0.2) is 6.10 Å². The molecule has 3 N–H and O–H groups in total. The predicted molar refractivity (Wildman–Crippen MR) is 104 cm³/mol. The molecule has 0 unspecified atom stereocenters. The maximum atomic E-state index is 13.2. The first-order valence-corrected chi connectivity index (χ1v) is 9.21. The van der Waals surface area contributed by atoms with Crippen LogP contribution >= 0.6 is 0 Å². The minimum atomic E-state index is -0.892. The van der Waals surface area contributed by atoms with Crippen molar-refractivity contribution in [2.75, 3.05) is 18.0 Å². The van der Waals surface area contributed by atoms with Crippen molar-refractivity contribution in [3.05, 3.63) is 59.9 Å². The molecule has 3 rings (SSSR count). The molecule has 1 aliphatic rings. The molecule has 0 saturated carbocycles. The highest BCUT2D eigenvalue weighted by atomic mass is 19.1. The highest BCUT2D eigenvalue weighted by Crippen LogP contribution is 2.33. The van der Waals surface area contributed by atoms with Crippen LogP contribution in [-0.2, 0) is 9.59 Å². The molecule has 0 bridgehead atoms. The van der Waals surface area contributed by atoms with E-state index in [9.17, 15) is 14.0 Å². The van der Waals surface area contributed by atoms with Gasteiger partial charge < -0.3 is 20.7 Å². The Bertz CT molecular complexity index is 854. The summed E-state index contributed by atoms with van der Waals surface area (Å²) in [5.41, 5.74) is 6.90. The molecule has 1 aliphatic heterocycles. The molecular formula is C21H24FN3O3. The molecule has 2 atom stereocenters. The lowest BCUT2D eigenvalue weighted by Crippen LogP contribution is -2.51. The van der Waals surface area contributed by atoms with Gasteiger partial charge >= 0.3 is 0 Å². The van der Waals surface area contributed by atoms with Crippen LogP contribution in [0.3, 0.4) is 0 Å². The van der Waals surface area contributed by atoms with E-state index >= 15 is 0 Å². The minimum Gasteiger partial charge on any atom is -0.477 e. The third-order valence-corrected chi connectivity index (χ3v) is 4.76. The normalized spacial score (nSPS) is 17.0. The number of fused-ring (bicyclic) bond motifs is 1. The van der Waals surface area contributed by atoms with E-state index in [0.717, 1.165) is 5.56 Å². The molecule has 148 valence electrons. The number of hydrogen-bond acceptors (Lipinski definition) is 4. The average Bonchev–Trinajstić information content (AvgIpc) is 2.68. The second-order valence-electron chi connectivity index (χ2n) is 7.14. The van der Waals surface area contributed by atoms with Crippen molar-refractivity contribution in [3.63, 3.8) is 0 Å². The number of halogens is 1. The molecule has 2 aromatic carbocycles. The van der Waals surface area contributed by atoms with Crippen LogP contribution in [0.25, 0.3) is 0 Å². The first-order valence-electron chi connectivity index (χ1n) is 9.21. The molecule has 0 spiro atoms. The van der Waals surface area contributed by atoms with Gasteiger partial charge in [-0.2, -0.15) is 0 Å². The average molecular weight is 385 g/mol. The lowest BCUT2D eigenvalue weighted by Gasteiger charge is -2.34. The van der Waals surface area contributed by atoms with E-state index < -0.39 is 12.0 Å². The van der Waals surface area contributed by atoms with E-state index in [-0.39, 0.29) is 36.8 Å². The number of nitrogens with one attached hydrogen (secondary N) is 1. The topological polar surface area (TPSA) is 84.7 Å². The molecule has 2 aromatic rings. The molecule has 0 fully saturated rings. The van der Waals surface area contributed by atoms with Gasteiger partial charge in [-0.25, -0.2) is 4.39 Å². The fraction of sp³-hybridized carbons (Fsp3) is 0.333. The number of rotatable bonds is 6. The summed E-state index contributed by atoms with van der Waals surface area (Å²) in [6.45, 7) is 4.17. The van der Waals surface area contributed by atoms with E-state index in [1.807, 2.05) is 13.8 Å². The number of anilines is 1. The van der Waals surface area contributed by atoms with E-state index in [0.29, 0.717) is 11.4 Å². The summed E-state index contributed by atoms with van der Waals surface area (Å²) < 4.78 is 18.8. The predicted octanol–water partition coefficient (Wildman–Crippen LogP) is 2.39.